The average molecular weight is 400 g/mol. The number of amides is 1. The Morgan fingerprint density at radius 3 is 2.39 bits per heavy atom. The van der Waals surface area contributed by atoms with Crippen LogP contribution in [0.2, 0.25) is 0 Å². The summed E-state index contributed by atoms with van der Waals surface area (Å²) in [6, 6.07) is 8.50. The second-order valence-corrected chi connectivity index (χ2v) is 8.78. The smallest absolute Gasteiger partial charge is 0.265 e. The Bertz CT molecular complexity index is 804. The number of benzene rings is 1. The van der Waals surface area contributed by atoms with Crippen LogP contribution in [0.15, 0.2) is 24.3 Å². The second kappa shape index (κ2) is 8.62. The summed E-state index contributed by atoms with van der Waals surface area (Å²) in [5.41, 5.74) is 1.86. The lowest BCUT2D eigenvalue weighted by Crippen LogP contribution is -2.48. The highest BCUT2D eigenvalue weighted by Gasteiger charge is 2.29. The first-order valence-electron chi connectivity index (χ1n) is 10.3. The van der Waals surface area contributed by atoms with Gasteiger partial charge in [0.1, 0.15) is 15.6 Å². The van der Waals surface area contributed by atoms with Crippen LogP contribution in [0.1, 0.15) is 47.5 Å². The van der Waals surface area contributed by atoms with E-state index in [1.54, 1.807) is 7.11 Å². The van der Waals surface area contributed by atoms with Crippen LogP contribution < -0.4 is 4.74 Å². The van der Waals surface area contributed by atoms with Crippen molar-refractivity contribution < 1.29 is 9.53 Å². The van der Waals surface area contributed by atoms with Crippen molar-refractivity contribution in [2.24, 2.45) is 0 Å². The minimum Gasteiger partial charge on any atom is -0.497 e. The maximum absolute atomic E-state index is 13.1. The molecule has 0 atom stereocenters. The van der Waals surface area contributed by atoms with E-state index in [0.29, 0.717) is 6.04 Å². The lowest BCUT2D eigenvalue weighted by Gasteiger charge is -2.40. The zero-order valence-electron chi connectivity index (χ0n) is 16.8. The first-order chi connectivity index (χ1) is 13.7. The van der Waals surface area contributed by atoms with Gasteiger partial charge in [-0.3, -0.25) is 4.79 Å². The second-order valence-electron chi connectivity index (χ2n) is 7.78. The number of aromatic nitrogens is 1. The van der Waals surface area contributed by atoms with Crippen molar-refractivity contribution in [3.8, 4) is 16.3 Å². The van der Waals surface area contributed by atoms with E-state index in [4.69, 9.17) is 4.74 Å². The molecule has 0 N–H and O–H groups in total. The lowest BCUT2D eigenvalue weighted by atomic mass is 10.00. The van der Waals surface area contributed by atoms with Crippen LogP contribution in [0.25, 0.3) is 10.6 Å². The van der Waals surface area contributed by atoms with E-state index < -0.39 is 0 Å². The van der Waals surface area contributed by atoms with Crippen molar-refractivity contribution in [2.45, 2.75) is 45.1 Å². The molecule has 2 aliphatic rings. The molecule has 28 heavy (non-hydrogen) atoms. The zero-order chi connectivity index (χ0) is 19.5. The Morgan fingerprint density at radius 2 is 1.75 bits per heavy atom. The Morgan fingerprint density at radius 1 is 1.07 bits per heavy atom. The van der Waals surface area contributed by atoms with Gasteiger partial charge in [0.15, 0.2) is 0 Å². The van der Waals surface area contributed by atoms with E-state index >= 15 is 0 Å². The monoisotopic (exact) mass is 399 g/mol. The molecular formula is C22H29N3O2S. The van der Waals surface area contributed by atoms with Crippen molar-refractivity contribution in [3.05, 3.63) is 34.8 Å². The quantitative estimate of drug-likeness (QED) is 0.772. The van der Waals surface area contributed by atoms with Gasteiger partial charge in [-0.15, -0.1) is 11.3 Å². The van der Waals surface area contributed by atoms with Gasteiger partial charge in [0.05, 0.1) is 12.8 Å². The normalized spacial score (nSPS) is 19.0. The molecule has 1 aromatic heterocycles. The van der Waals surface area contributed by atoms with Crippen LogP contribution in [0.3, 0.4) is 0 Å². The molecule has 2 saturated heterocycles. The summed E-state index contributed by atoms with van der Waals surface area (Å²) < 4.78 is 5.22. The van der Waals surface area contributed by atoms with Gasteiger partial charge >= 0.3 is 0 Å². The molecule has 4 rings (SSSR count). The molecule has 1 aromatic carbocycles. The number of piperidine rings is 2. The van der Waals surface area contributed by atoms with Gasteiger partial charge in [-0.2, -0.15) is 0 Å². The van der Waals surface area contributed by atoms with Crippen molar-refractivity contribution >= 4 is 17.2 Å². The largest absolute Gasteiger partial charge is 0.497 e. The fourth-order valence-electron chi connectivity index (χ4n) is 4.31. The number of nitrogens with zero attached hydrogens (tertiary/aromatic N) is 3. The molecule has 0 radical (unpaired) electrons. The third kappa shape index (κ3) is 4.08. The van der Waals surface area contributed by atoms with Gasteiger partial charge in [0, 0.05) is 24.7 Å². The molecule has 1 amide bonds. The summed E-state index contributed by atoms with van der Waals surface area (Å²) in [6.45, 7) is 6.12. The van der Waals surface area contributed by atoms with Gasteiger partial charge in [-0.1, -0.05) is 6.42 Å². The van der Waals surface area contributed by atoms with E-state index in [9.17, 15) is 4.79 Å². The predicted octanol–water partition coefficient (Wildman–Crippen LogP) is 4.22. The van der Waals surface area contributed by atoms with Crippen LogP contribution in [-0.4, -0.2) is 60.0 Å². The first-order valence-corrected chi connectivity index (χ1v) is 11.1. The highest BCUT2D eigenvalue weighted by molar-refractivity contribution is 7.17. The van der Waals surface area contributed by atoms with Crippen LogP contribution >= 0.6 is 11.3 Å². The summed E-state index contributed by atoms with van der Waals surface area (Å²) in [5.74, 6) is 0.969. The number of ether oxygens (including phenoxy) is 1. The average Bonchev–Trinajstić information content (AvgIpc) is 3.15. The number of methoxy groups -OCH3 is 1. The molecule has 0 saturated carbocycles. The van der Waals surface area contributed by atoms with Crippen molar-refractivity contribution in [1.82, 2.24) is 14.8 Å². The standard InChI is InChI=1S/C22H29N3O2S/c1-16-20(28-21(23-16)17-6-8-19(27-2)9-7-17)22(26)25-14-10-18(11-15-25)24-12-4-3-5-13-24/h6-9,18H,3-5,10-15H2,1-2H3. The third-order valence-corrected chi connectivity index (χ3v) is 7.18. The topological polar surface area (TPSA) is 45.7 Å². The maximum atomic E-state index is 13.1. The number of carbonyl (C=O) groups excluding carboxylic acids is 1. The third-order valence-electron chi connectivity index (χ3n) is 5.99. The van der Waals surface area contributed by atoms with E-state index in [1.807, 2.05) is 36.1 Å². The molecular weight excluding hydrogens is 370 g/mol. The maximum Gasteiger partial charge on any atom is 0.265 e. The lowest BCUT2D eigenvalue weighted by molar-refractivity contribution is 0.0593. The highest BCUT2D eigenvalue weighted by Crippen LogP contribution is 2.31. The Balaban J connectivity index is 1.41. The number of hydrogen-bond donors (Lipinski definition) is 0. The van der Waals surface area contributed by atoms with Gasteiger partial charge in [-0.05, 0) is 70.0 Å². The Hall–Kier alpha value is -1.92. The molecule has 2 fully saturated rings. The van der Waals surface area contributed by atoms with Crippen LogP contribution in [-0.2, 0) is 0 Å². The molecule has 0 unspecified atom stereocenters. The molecule has 6 heteroatoms. The minimum absolute atomic E-state index is 0.145. The first kappa shape index (κ1) is 19.4. The number of rotatable bonds is 4. The molecule has 0 aliphatic carbocycles. The number of aryl methyl sites for hydroxylation is 1. The summed E-state index contributed by atoms with van der Waals surface area (Å²) >= 11 is 1.50. The van der Waals surface area contributed by atoms with Crippen molar-refractivity contribution in [1.29, 1.82) is 0 Å². The Kier molecular flexibility index (Phi) is 5.97. The van der Waals surface area contributed by atoms with Gasteiger partial charge in [0.2, 0.25) is 0 Å². The number of carbonyl (C=O) groups is 1. The molecule has 0 bridgehead atoms. The van der Waals surface area contributed by atoms with Gasteiger partial charge in [-0.25, -0.2) is 4.98 Å². The number of hydrogen-bond acceptors (Lipinski definition) is 5. The molecule has 2 aromatic rings. The van der Waals surface area contributed by atoms with Gasteiger partial charge in [0.25, 0.3) is 5.91 Å². The predicted molar refractivity (Wildman–Crippen MR) is 113 cm³/mol. The van der Waals surface area contributed by atoms with E-state index in [0.717, 1.165) is 52.8 Å². The number of likely N-dealkylation sites (tertiary alicyclic amines) is 2. The van der Waals surface area contributed by atoms with E-state index in [1.165, 1.54) is 43.7 Å². The van der Waals surface area contributed by atoms with E-state index in [-0.39, 0.29) is 5.91 Å². The molecule has 150 valence electrons. The summed E-state index contributed by atoms with van der Waals surface area (Å²) in [6.07, 6.45) is 6.21. The SMILES string of the molecule is COc1ccc(-c2nc(C)c(C(=O)N3CCC(N4CCCCC4)CC3)s2)cc1. The van der Waals surface area contributed by atoms with Crippen molar-refractivity contribution in [3.63, 3.8) is 0 Å². The van der Waals surface area contributed by atoms with Crippen LogP contribution in [0.5, 0.6) is 5.75 Å². The molecule has 3 heterocycles. The zero-order valence-corrected chi connectivity index (χ0v) is 17.6. The summed E-state index contributed by atoms with van der Waals surface area (Å²) in [7, 11) is 1.66. The summed E-state index contributed by atoms with van der Waals surface area (Å²) in [5, 5.41) is 0.895. The molecule has 5 nitrogen and oxygen atoms in total. The van der Waals surface area contributed by atoms with Crippen LogP contribution in [0, 0.1) is 6.92 Å². The fourth-order valence-corrected chi connectivity index (χ4v) is 5.35. The van der Waals surface area contributed by atoms with Crippen molar-refractivity contribution in [2.75, 3.05) is 33.3 Å². The van der Waals surface area contributed by atoms with Crippen LogP contribution in [0.4, 0.5) is 0 Å². The molecule has 0 spiro atoms. The van der Waals surface area contributed by atoms with E-state index in [2.05, 4.69) is 9.88 Å². The number of thiazole rings is 1. The summed E-state index contributed by atoms with van der Waals surface area (Å²) in [4.78, 5) is 23.2. The Labute approximate surface area is 171 Å². The fraction of sp³-hybridized carbons (Fsp3) is 0.545. The highest BCUT2D eigenvalue weighted by atomic mass is 32.1. The minimum atomic E-state index is 0.145. The molecule has 2 aliphatic heterocycles. The van der Waals surface area contributed by atoms with Gasteiger partial charge < -0.3 is 14.5 Å².